The van der Waals surface area contributed by atoms with Crippen molar-refractivity contribution in [2.45, 2.75) is 26.0 Å². The van der Waals surface area contributed by atoms with Gasteiger partial charge in [0.25, 0.3) is 0 Å². The lowest BCUT2D eigenvalue weighted by Crippen LogP contribution is -2.34. The fraction of sp³-hybridized carbons (Fsp3) is 0.286. The van der Waals surface area contributed by atoms with E-state index in [0.29, 0.717) is 53.3 Å². The van der Waals surface area contributed by atoms with Gasteiger partial charge in [-0.3, -0.25) is 4.98 Å². The molecule has 1 fully saturated rings. The van der Waals surface area contributed by atoms with Gasteiger partial charge in [-0.05, 0) is 19.1 Å². The zero-order valence-corrected chi connectivity index (χ0v) is 17.7. The lowest BCUT2D eigenvalue weighted by molar-refractivity contribution is 0.0675. The van der Waals surface area contributed by atoms with Gasteiger partial charge in [-0.2, -0.15) is 0 Å². The number of likely N-dealkylation sites (tertiary alicyclic amines) is 1. The second kappa shape index (κ2) is 8.37. The van der Waals surface area contributed by atoms with E-state index >= 15 is 0 Å². The van der Waals surface area contributed by atoms with Crippen LogP contribution in [0.1, 0.15) is 24.6 Å². The summed E-state index contributed by atoms with van der Waals surface area (Å²) in [5.74, 6) is -0.387. The summed E-state index contributed by atoms with van der Waals surface area (Å²) in [5, 5.41) is 13.1. The fourth-order valence-electron chi connectivity index (χ4n) is 3.68. The molecule has 2 amide bonds. The van der Waals surface area contributed by atoms with Crippen molar-refractivity contribution in [3.63, 3.8) is 0 Å². The maximum Gasteiger partial charge on any atom is 0.314 e. The highest BCUT2D eigenvalue weighted by Gasteiger charge is 2.26. The van der Waals surface area contributed by atoms with Gasteiger partial charge in [-0.15, -0.1) is 5.10 Å². The number of carbonyl (C=O) groups excluding carboxylic acids is 1. The molecular weight excluding hydrogens is 429 g/mol. The first kappa shape index (κ1) is 20.7. The third-order valence-electron chi connectivity index (χ3n) is 5.48. The fourth-order valence-corrected chi connectivity index (χ4v) is 3.68. The second-order valence-corrected chi connectivity index (χ2v) is 7.77. The first-order valence-corrected chi connectivity index (χ1v) is 10.3. The number of rotatable bonds is 5. The van der Waals surface area contributed by atoms with Crippen LogP contribution in [-0.4, -0.2) is 65.8 Å². The number of nitrogens with zero attached hydrogens (tertiary/aromatic N) is 8. The number of oxime groups is 1. The van der Waals surface area contributed by atoms with Gasteiger partial charge in [0.2, 0.25) is 5.65 Å². The average molecular weight is 449 g/mol. The number of hydrogen-bond acceptors (Lipinski definition) is 8. The molecule has 3 aromatic heterocycles. The number of fused-ring (bicyclic) bond motifs is 2. The number of hydrogen-bond donors (Lipinski definition) is 1. The van der Waals surface area contributed by atoms with Gasteiger partial charge in [0.05, 0.1) is 24.8 Å². The van der Waals surface area contributed by atoms with Crippen LogP contribution in [0.3, 0.4) is 0 Å². The van der Waals surface area contributed by atoms with Gasteiger partial charge >= 0.3 is 6.03 Å². The molecule has 168 valence electrons. The zero-order valence-electron chi connectivity index (χ0n) is 17.7. The minimum absolute atomic E-state index is 0.128. The second-order valence-electron chi connectivity index (χ2n) is 7.77. The number of halogens is 1. The van der Waals surface area contributed by atoms with Gasteiger partial charge in [-0.1, -0.05) is 16.4 Å². The molecule has 11 nitrogen and oxygen atoms in total. The lowest BCUT2D eigenvalue weighted by atomic mass is 10.1. The Hall–Kier alpha value is -4.22. The van der Waals surface area contributed by atoms with Gasteiger partial charge in [0.15, 0.2) is 5.65 Å². The van der Waals surface area contributed by atoms with E-state index in [9.17, 15) is 9.18 Å². The van der Waals surface area contributed by atoms with Gasteiger partial charge in [0.1, 0.15) is 23.3 Å². The van der Waals surface area contributed by atoms with Crippen LogP contribution in [0, 0.1) is 5.82 Å². The smallest absolute Gasteiger partial charge is 0.314 e. The van der Waals surface area contributed by atoms with Gasteiger partial charge < -0.3 is 15.5 Å². The number of carbonyl (C=O) groups is 1. The normalized spacial score (nSPS) is 16.6. The van der Waals surface area contributed by atoms with Crippen LogP contribution in [0.2, 0.25) is 0 Å². The average Bonchev–Trinajstić information content (AvgIpc) is 3.45. The summed E-state index contributed by atoms with van der Waals surface area (Å²) in [5.41, 5.74) is 8.01. The van der Waals surface area contributed by atoms with E-state index in [1.54, 1.807) is 25.3 Å². The molecule has 0 bridgehead atoms. The minimum atomic E-state index is -0.474. The Morgan fingerprint density at radius 2 is 2.24 bits per heavy atom. The summed E-state index contributed by atoms with van der Waals surface area (Å²) >= 11 is 0. The van der Waals surface area contributed by atoms with Gasteiger partial charge in [0, 0.05) is 36.2 Å². The third-order valence-corrected chi connectivity index (χ3v) is 5.48. The number of pyridine rings is 1. The van der Waals surface area contributed by atoms with Crippen LogP contribution in [-0.2, 0) is 11.4 Å². The summed E-state index contributed by atoms with van der Waals surface area (Å²) in [6, 6.07) is 6.33. The third kappa shape index (κ3) is 4.14. The maximum atomic E-state index is 14.6. The molecule has 1 aliphatic heterocycles. The summed E-state index contributed by atoms with van der Waals surface area (Å²) in [6.07, 6.45) is 3.56. The van der Waals surface area contributed by atoms with E-state index in [1.807, 2.05) is 6.07 Å². The van der Waals surface area contributed by atoms with E-state index in [1.165, 1.54) is 21.8 Å². The van der Waals surface area contributed by atoms with Crippen molar-refractivity contribution in [1.29, 1.82) is 0 Å². The number of amides is 2. The first-order valence-electron chi connectivity index (χ1n) is 10.3. The monoisotopic (exact) mass is 449 g/mol. The van der Waals surface area contributed by atoms with E-state index in [4.69, 9.17) is 10.6 Å². The highest BCUT2D eigenvalue weighted by molar-refractivity contribution is 5.97. The predicted octanol–water partition coefficient (Wildman–Crippen LogP) is 1.85. The van der Waals surface area contributed by atoms with Crippen molar-refractivity contribution in [2.75, 3.05) is 13.1 Å². The molecule has 0 radical (unpaired) electrons. The van der Waals surface area contributed by atoms with Crippen LogP contribution in [0.15, 0.2) is 41.8 Å². The van der Waals surface area contributed by atoms with Crippen molar-refractivity contribution >= 4 is 33.9 Å². The summed E-state index contributed by atoms with van der Waals surface area (Å²) in [4.78, 5) is 31.3. The largest absolute Gasteiger partial charge is 0.390 e. The molecule has 0 saturated carbocycles. The van der Waals surface area contributed by atoms with Crippen molar-refractivity contribution in [1.82, 2.24) is 34.8 Å². The topological polar surface area (TPSA) is 137 Å². The molecule has 0 unspecified atom stereocenters. The molecule has 12 heteroatoms. The van der Waals surface area contributed by atoms with E-state index in [0.717, 1.165) is 5.39 Å². The minimum Gasteiger partial charge on any atom is -0.390 e. The Kier molecular flexibility index (Phi) is 5.24. The maximum absolute atomic E-state index is 14.6. The van der Waals surface area contributed by atoms with Gasteiger partial charge in [-0.25, -0.2) is 23.8 Å². The standard InChI is InChI=1S/C21H20FN9O2/c1-12(28-33-15-4-6-30(11-15)21(23)32)18-9-25-19-20(26-18)31(29-27-19)10-14-7-13-3-2-5-24-17(13)8-16(14)22/h2-3,5,7-9,15H,4,6,10-11H2,1H3,(H2,23,32)/b28-12+/t15-/m0/s1. The van der Waals surface area contributed by atoms with E-state index < -0.39 is 6.03 Å². The number of urea groups is 1. The Bertz CT molecular complexity index is 1390. The van der Waals surface area contributed by atoms with E-state index in [-0.39, 0.29) is 18.5 Å². The molecule has 2 N–H and O–H groups in total. The molecule has 5 rings (SSSR count). The Balaban J connectivity index is 1.38. The Morgan fingerprint density at radius 3 is 3.06 bits per heavy atom. The molecule has 1 aliphatic rings. The summed E-state index contributed by atoms with van der Waals surface area (Å²) in [6.45, 7) is 2.79. The van der Waals surface area contributed by atoms with Crippen molar-refractivity contribution in [2.24, 2.45) is 10.9 Å². The van der Waals surface area contributed by atoms with Crippen LogP contribution in [0.5, 0.6) is 0 Å². The van der Waals surface area contributed by atoms with Crippen molar-refractivity contribution in [3.8, 4) is 0 Å². The molecule has 0 aliphatic carbocycles. The van der Waals surface area contributed by atoms with E-state index in [2.05, 4.69) is 30.4 Å². The highest BCUT2D eigenvalue weighted by atomic mass is 19.1. The molecule has 4 aromatic rings. The molecule has 0 spiro atoms. The van der Waals surface area contributed by atoms with Crippen LogP contribution >= 0.6 is 0 Å². The predicted molar refractivity (Wildman–Crippen MR) is 117 cm³/mol. The van der Waals surface area contributed by atoms with Crippen LogP contribution in [0.25, 0.3) is 22.2 Å². The molecular formula is C21H20FN9O2. The molecule has 4 heterocycles. The van der Waals surface area contributed by atoms with Crippen molar-refractivity contribution < 1.29 is 14.0 Å². The molecule has 1 atom stereocenters. The molecule has 1 aromatic carbocycles. The number of nitrogens with two attached hydrogens (primary N) is 1. The number of aromatic nitrogens is 6. The molecule has 1 saturated heterocycles. The van der Waals surface area contributed by atoms with Crippen molar-refractivity contribution in [3.05, 3.63) is 53.7 Å². The number of primary amides is 1. The first-order chi connectivity index (χ1) is 16.0. The summed E-state index contributed by atoms with van der Waals surface area (Å²) < 4.78 is 16.1. The SMILES string of the molecule is C/C(=N\O[C@H]1CCN(C(N)=O)C1)c1cnc2nnn(Cc3cc4cccnc4cc3F)c2n1. The highest BCUT2D eigenvalue weighted by Crippen LogP contribution is 2.19. The zero-order chi connectivity index (χ0) is 22.9. The van der Waals surface area contributed by atoms with Crippen LogP contribution in [0.4, 0.5) is 9.18 Å². The van der Waals surface area contributed by atoms with Crippen LogP contribution < -0.4 is 5.73 Å². The quantitative estimate of drug-likeness (QED) is 0.362. The number of benzene rings is 1. The Labute approximate surface area is 187 Å². The lowest BCUT2D eigenvalue weighted by Gasteiger charge is -2.12. The molecule has 33 heavy (non-hydrogen) atoms. The Morgan fingerprint density at radius 1 is 1.36 bits per heavy atom. The summed E-state index contributed by atoms with van der Waals surface area (Å²) in [7, 11) is 0.